The molecule has 0 saturated heterocycles. The molecule has 1 heterocycles. The van der Waals surface area contributed by atoms with E-state index in [4.69, 9.17) is 5.73 Å². The van der Waals surface area contributed by atoms with Gasteiger partial charge in [0.1, 0.15) is 5.82 Å². The molecule has 0 atom stereocenters. The second kappa shape index (κ2) is 5.95. The van der Waals surface area contributed by atoms with E-state index in [1.165, 1.54) is 38.2 Å². The fourth-order valence-corrected chi connectivity index (χ4v) is 3.74. The molecular formula is C16H21BrFN3. The van der Waals surface area contributed by atoms with E-state index in [1.54, 1.807) is 6.07 Å². The van der Waals surface area contributed by atoms with Crippen molar-refractivity contribution in [1.29, 1.82) is 0 Å². The lowest BCUT2D eigenvalue weighted by Gasteiger charge is -2.28. The van der Waals surface area contributed by atoms with Crippen molar-refractivity contribution < 1.29 is 4.39 Å². The van der Waals surface area contributed by atoms with Crippen molar-refractivity contribution in [1.82, 2.24) is 9.55 Å². The molecule has 2 aromatic rings. The third-order valence-corrected chi connectivity index (χ3v) is 5.41. The molecule has 1 fully saturated rings. The Morgan fingerprint density at radius 3 is 2.62 bits per heavy atom. The van der Waals surface area contributed by atoms with Crippen LogP contribution in [0.5, 0.6) is 0 Å². The topological polar surface area (TPSA) is 43.8 Å². The summed E-state index contributed by atoms with van der Waals surface area (Å²) in [4.78, 5) is 4.29. The van der Waals surface area contributed by atoms with Gasteiger partial charge in [0.25, 0.3) is 0 Å². The highest BCUT2D eigenvalue weighted by molar-refractivity contribution is 9.10. The van der Waals surface area contributed by atoms with Crippen molar-refractivity contribution in [3.05, 3.63) is 22.4 Å². The highest BCUT2D eigenvalue weighted by Crippen LogP contribution is 2.33. The van der Waals surface area contributed by atoms with Crippen molar-refractivity contribution in [3.8, 4) is 0 Å². The second-order valence-corrected chi connectivity index (χ2v) is 6.98. The highest BCUT2D eigenvalue weighted by Gasteiger charge is 2.22. The molecule has 1 saturated carbocycles. The molecule has 0 aliphatic heterocycles. The van der Waals surface area contributed by atoms with Gasteiger partial charge in [0, 0.05) is 12.6 Å². The summed E-state index contributed by atoms with van der Waals surface area (Å²) in [7, 11) is 0. The minimum atomic E-state index is -0.296. The third-order valence-electron chi connectivity index (χ3n) is 4.80. The van der Waals surface area contributed by atoms with Crippen LogP contribution in [-0.4, -0.2) is 9.55 Å². The summed E-state index contributed by atoms with van der Waals surface area (Å²) in [5, 5.41) is 0. The molecule has 0 unspecified atom stereocenters. The van der Waals surface area contributed by atoms with Crippen LogP contribution in [0.25, 0.3) is 11.0 Å². The van der Waals surface area contributed by atoms with Crippen molar-refractivity contribution in [3.63, 3.8) is 0 Å². The summed E-state index contributed by atoms with van der Waals surface area (Å²) in [6, 6.07) is 3.23. The molecule has 1 aliphatic rings. The molecule has 2 N–H and O–H groups in total. The van der Waals surface area contributed by atoms with Gasteiger partial charge in [0.05, 0.1) is 15.5 Å². The zero-order valence-corrected chi connectivity index (χ0v) is 13.9. The molecule has 0 bridgehead atoms. The molecule has 0 radical (unpaired) electrons. The van der Waals surface area contributed by atoms with Crippen LogP contribution in [0.4, 0.5) is 10.3 Å². The van der Waals surface area contributed by atoms with Crippen LogP contribution in [0, 0.1) is 17.7 Å². The number of nitrogens with two attached hydrogens (primary N) is 1. The predicted octanol–water partition coefficient (Wildman–Crippen LogP) is 4.74. The summed E-state index contributed by atoms with van der Waals surface area (Å²) in [6.45, 7) is 3.16. The van der Waals surface area contributed by atoms with Gasteiger partial charge in [-0.2, -0.15) is 0 Å². The predicted molar refractivity (Wildman–Crippen MR) is 87.5 cm³/mol. The zero-order valence-electron chi connectivity index (χ0n) is 12.3. The second-order valence-electron chi connectivity index (χ2n) is 6.13. The fraction of sp³-hybridized carbons (Fsp3) is 0.562. The summed E-state index contributed by atoms with van der Waals surface area (Å²) in [5.74, 6) is 1.73. The lowest BCUT2D eigenvalue weighted by Crippen LogP contribution is -2.19. The quantitative estimate of drug-likeness (QED) is 0.866. The monoisotopic (exact) mass is 353 g/mol. The summed E-state index contributed by atoms with van der Waals surface area (Å²) in [6.07, 6.45) is 6.41. The Kier molecular flexibility index (Phi) is 4.20. The van der Waals surface area contributed by atoms with Crippen LogP contribution in [0.1, 0.15) is 39.0 Å². The third kappa shape index (κ3) is 2.93. The Labute approximate surface area is 132 Å². The summed E-state index contributed by atoms with van der Waals surface area (Å²) < 4.78 is 16.1. The van der Waals surface area contributed by atoms with Gasteiger partial charge < -0.3 is 10.3 Å². The number of nitrogen functional groups attached to an aromatic ring is 1. The molecule has 1 aromatic carbocycles. The lowest BCUT2D eigenvalue weighted by molar-refractivity contribution is 0.250. The molecule has 21 heavy (non-hydrogen) atoms. The number of imidazole rings is 1. The van der Waals surface area contributed by atoms with Gasteiger partial charge >= 0.3 is 0 Å². The molecule has 1 aliphatic carbocycles. The first-order chi connectivity index (χ1) is 10.1. The number of hydrogen-bond acceptors (Lipinski definition) is 2. The fourth-order valence-electron chi connectivity index (χ4n) is 3.41. The maximum absolute atomic E-state index is 13.6. The number of hydrogen-bond donors (Lipinski definition) is 1. The molecule has 0 spiro atoms. The van der Waals surface area contributed by atoms with E-state index >= 15 is 0 Å². The summed E-state index contributed by atoms with van der Waals surface area (Å²) >= 11 is 3.25. The molecule has 114 valence electrons. The van der Waals surface area contributed by atoms with Gasteiger partial charge in [-0.15, -0.1) is 0 Å². The molecule has 3 rings (SSSR count). The molecule has 1 aromatic heterocycles. The van der Waals surface area contributed by atoms with Gasteiger partial charge in [-0.05, 0) is 46.7 Å². The van der Waals surface area contributed by atoms with E-state index in [2.05, 4.69) is 27.8 Å². The molecule has 5 heteroatoms. The Hall–Kier alpha value is -1.10. The van der Waals surface area contributed by atoms with Crippen molar-refractivity contribution in [2.24, 2.45) is 11.8 Å². The van der Waals surface area contributed by atoms with Crippen molar-refractivity contribution >= 4 is 32.9 Å². The number of rotatable bonds is 3. The first-order valence-corrected chi connectivity index (χ1v) is 8.48. The normalized spacial score (nSPS) is 22.8. The van der Waals surface area contributed by atoms with E-state index in [1.807, 2.05) is 4.57 Å². The zero-order chi connectivity index (χ0) is 15.0. The van der Waals surface area contributed by atoms with E-state index in [9.17, 15) is 4.39 Å². The number of aromatic nitrogens is 2. The maximum Gasteiger partial charge on any atom is 0.201 e. The van der Waals surface area contributed by atoms with E-state index < -0.39 is 0 Å². The minimum Gasteiger partial charge on any atom is -0.369 e. The first kappa shape index (κ1) is 14.8. The number of fused-ring (bicyclic) bond motifs is 1. The van der Waals surface area contributed by atoms with Crippen LogP contribution < -0.4 is 5.73 Å². The molecule has 3 nitrogen and oxygen atoms in total. The minimum absolute atomic E-state index is 0.296. The van der Waals surface area contributed by atoms with Crippen LogP contribution in [0.15, 0.2) is 16.6 Å². The number of nitrogens with zero attached hydrogens (tertiary/aromatic N) is 2. The molecule has 0 amide bonds. The number of halogens is 2. The smallest absolute Gasteiger partial charge is 0.201 e. The van der Waals surface area contributed by atoms with Gasteiger partial charge in [-0.25, -0.2) is 9.37 Å². The van der Waals surface area contributed by atoms with Crippen molar-refractivity contribution in [2.75, 3.05) is 5.73 Å². The maximum atomic E-state index is 13.6. The van der Waals surface area contributed by atoms with E-state index in [0.717, 1.165) is 18.0 Å². The first-order valence-electron chi connectivity index (χ1n) is 7.69. The Balaban J connectivity index is 1.84. The summed E-state index contributed by atoms with van der Waals surface area (Å²) in [5.41, 5.74) is 7.59. The number of benzene rings is 1. The van der Waals surface area contributed by atoms with E-state index in [0.29, 0.717) is 21.9 Å². The Morgan fingerprint density at radius 2 is 1.95 bits per heavy atom. The standard InChI is InChI=1S/C16H21BrFN3/c1-2-10-3-5-11(6-4-10)9-21-15-7-12(17)13(18)8-14(15)20-16(21)19/h7-8,10-11H,2-6,9H2,1H3,(H2,19,20). The highest BCUT2D eigenvalue weighted by atomic mass is 79.9. The van der Waals surface area contributed by atoms with E-state index in [-0.39, 0.29) is 5.82 Å². The van der Waals surface area contributed by atoms with Gasteiger partial charge in [0.2, 0.25) is 5.95 Å². The van der Waals surface area contributed by atoms with Crippen LogP contribution in [-0.2, 0) is 6.54 Å². The van der Waals surface area contributed by atoms with Crippen LogP contribution >= 0.6 is 15.9 Å². The van der Waals surface area contributed by atoms with Crippen LogP contribution in [0.2, 0.25) is 0 Å². The van der Waals surface area contributed by atoms with Gasteiger partial charge in [-0.3, -0.25) is 0 Å². The SMILES string of the molecule is CCC1CCC(Cn2c(N)nc3cc(F)c(Br)cc32)CC1. The average Bonchev–Trinajstić information content (AvgIpc) is 2.76. The lowest BCUT2D eigenvalue weighted by atomic mass is 9.81. The Bertz CT molecular complexity index is 644. The Morgan fingerprint density at radius 1 is 1.29 bits per heavy atom. The molecular weight excluding hydrogens is 333 g/mol. The van der Waals surface area contributed by atoms with Crippen molar-refractivity contribution in [2.45, 2.75) is 45.6 Å². The average molecular weight is 354 g/mol. The van der Waals surface area contributed by atoms with Gasteiger partial charge in [-0.1, -0.05) is 26.2 Å². The van der Waals surface area contributed by atoms with Crippen LogP contribution in [0.3, 0.4) is 0 Å². The number of anilines is 1. The van der Waals surface area contributed by atoms with Gasteiger partial charge in [0.15, 0.2) is 0 Å². The largest absolute Gasteiger partial charge is 0.369 e.